The van der Waals surface area contributed by atoms with Crippen molar-refractivity contribution in [3.63, 3.8) is 0 Å². The third-order valence-corrected chi connectivity index (χ3v) is 4.23. The molecule has 1 aliphatic carbocycles. The van der Waals surface area contributed by atoms with Crippen molar-refractivity contribution >= 4 is 0 Å². The van der Waals surface area contributed by atoms with Gasteiger partial charge in [-0.1, -0.05) is 19.3 Å². The third-order valence-electron chi connectivity index (χ3n) is 4.23. The summed E-state index contributed by atoms with van der Waals surface area (Å²) < 4.78 is 5.49. The molecule has 0 bridgehead atoms. The van der Waals surface area contributed by atoms with Crippen LogP contribution < -0.4 is 0 Å². The van der Waals surface area contributed by atoms with E-state index in [9.17, 15) is 5.11 Å². The predicted octanol–water partition coefficient (Wildman–Crippen LogP) is 2.04. The Bertz CT molecular complexity index is 226. The molecule has 1 saturated carbocycles. The van der Waals surface area contributed by atoms with Gasteiger partial charge in [-0.2, -0.15) is 0 Å². The first kappa shape index (κ1) is 13.3. The van der Waals surface area contributed by atoms with Crippen molar-refractivity contribution in [2.45, 2.75) is 51.0 Å². The van der Waals surface area contributed by atoms with Crippen molar-refractivity contribution in [2.75, 3.05) is 32.8 Å². The second kappa shape index (κ2) is 6.17. The molecule has 1 unspecified atom stereocenters. The van der Waals surface area contributed by atoms with Crippen LogP contribution in [-0.2, 0) is 4.74 Å². The minimum absolute atomic E-state index is 0.390. The topological polar surface area (TPSA) is 32.7 Å². The summed E-state index contributed by atoms with van der Waals surface area (Å²) in [6, 6.07) is 0. The highest BCUT2D eigenvalue weighted by Crippen LogP contribution is 2.30. The molecular formula is C14H27NO2. The molecule has 1 atom stereocenters. The summed E-state index contributed by atoms with van der Waals surface area (Å²) in [7, 11) is 0. The minimum Gasteiger partial charge on any atom is -0.389 e. The lowest BCUT2D eigenvalue weighted by Gasteiger charge is -2.35. The summed E-state index contributed by atoms with van der Waals surface area (Å²) in [6.07, 6.45) is 6.93. The molecule has 0 spiro atoms. The van der Waals surface area contributed by atoms with Crippen LogP contribution in [0.25, 0.3) is 0 Å². The van der Waals surface area contributed by atoms with Crippen molar-refractivity contribution in [1.82, 2.24) is 4.90 Å². The van der Waals surface area contributed by atoms with Crippen LogP contribution in [0.3, 0.4) is 0 Å². The van der Waals surface area contributed by atoms with Crippen molar-refractivity contribution in [1.29, 1.82) is 0 Å². The van der Waals surface area contributed by atoms with E-state index < -0.39 is 5.60 Å². The summed E-state index contributed by atoms with van der Waals surface area (Å²) in [5.41, 5.74) is -0.390. The highest BCUT2D eigenvalue weighted by atomic mass is 16.5. The average molecular weight is 241 g/mol. The Hall–Kier alpha value is -0.120. The highest BCUT2D eigenvalue weighted by Gasteiger charge is 2.33. The second-order valence-electron chi connectivity index (χ2n) is 5.83. The van der Waals surface area contributed by atoms with Crippen LogP contribution in [0.15, 0.2) is 0 Å². The number of β-amino-alcohol motifs (C(OH)–C–C–N with tert-alkyl or cyclic N) is 1. The molecule has 3 heteroatoms. The quantitative estimate of drug-likeness (QED) is 0.799. The van der Waals surface area contributed by atoms with Gasteiger partial charge in [0.25, 0.3) is 0 Å². The maximum atomic E-state index is 10.5. The molecule has 2 rings (SSSR count). The molecule has 100 valence electrons. The normalized spacial score (nSPS) is 29.6. The molecule has 0 aromatic rings. The molecule has 2 aliphatic rings. The third kappa shape index (κ3) is 3.94. The van der Waals surface area contributed by atoms with Crippen LogP contribution in [0.5, 0.6) is 0 Å². The summed E-state index contributed by atoms with van der Waals surface area (Å²) in [4.78, 5) is 2.44. The Labute approximate surface area is 105 Å². The maximum Gasteiger partial charge on any atom is 0.0774 e. The van der Waals surface area contributed by atoms with Gasteiger partial charge >= 0.3 is 0 Å². The lowest BCUT2D eigenvalue weighted by Crippen LogP contribution is -2.43. The number of hydrogen-bond donors (Lipinski definition) is 1. The minimum atomic E-state index is -0.390. The van der Waals surface area contributed by atoms with Crippen molar-refractivity contribution in [2.24, 2.45) is 5.92 Å². The number of nitrogens with zero attached hydrogens (tertiary/aromatic N) is 1. The van der Waals surface area contributed by atoms with Crippen LogP contribution >= 0.6 is 0 Å². The first-order chi connectivity index (χ1) is 8.22. The maximum absolute atomic E-state index is 10.5. The Morgan fingerprint density at radius 2 is 2.06 bits per heavy atom. The molecule has 0 amide bonds. The monoisotopic (exact) mass is 241 g/mol. The standard InChI is InChI=1S/C14H27NO2/c1-2-17-11-13-6-9-15(10-13)12-14(16)7-4-3-5-8-14/h13,16H,2-12H2,1H3. The fourth-order valence-electron chi connectivity index (χ4n) is 3.26. The van der Waals surface area contributed by atoms with Gasteiger partial charge in [0.2, 0.25) is 0 Å². The Kier molecular flexibility index (Phi) is 4.83. The summed E-state index contributed by atoms with van der Waals surface area (Å²) in [5.74, 6) is 0.683. The molecular weight excluding hydrogens is 214 g/mol. The van der Waals surface area contributed by atoms with Crippen molar-refractivity contribution < 1.29 is 9.84 Å². The fraction of sp³-hybridized carbons (Fsp3) is 1.00. The van der Waals surface area contributed by atoms with Gasteiger partial charge in [-0.3, -0.25) is 0 Å². The highest BCUT2D eigenvalue weighted by molar-refractivity contribution is 4.88. The molecule has 2 fully saturated rings. The predicted molar refractivity (Wildman–Crippen MR) is 69.1 cm³/mol. The zero-order chi connectivity index (χ0) is 12.1. The molecule has 17 heavy (non-hydrogen) atoms. The molecule has 0 aromatic heterocycles. The van der Waals surface area contributed by atoms with E-state index in [0.717, 1.165) is 45.7 Å². The Morgan fingerprint density at radius 1 is 1.29 bits per heavy atom. The smallest absolute Gasteiger partial charge is 0.0774 e. The summed E-state index contributed by atoms with van der Waals surface area (Å²) >= 11 is 0. The second-order valence-corrected chi connectivity index (χ2v) is 5.83. The first-order valence-electron chi connectivity index (χ1n) is 7.24. The lowest BCUT2D eigenvalue weighted by atomic mass is 9.84. The van der Waals surface area contributed by atoms with E-state index in [0.29, 0.717) is 5.92 Å². The van der Waals surface area contributed by atoms with Crippen molar-refractivity contribution in [3.8, 4) is 0 Å². The van der Waals surface area contributed by atoms with Crippen LogP contribution in [0.1, 0.15) is 45.4 Å². The van der Waals surface area contributed by atoms with Gasteiger partial charge in [0.15, 0.2) is 0 Å². The van der Waals surface area contributed by atoms with E-state index in [4.69, 9.17) is 4.74 Å². The van der Waals surface area contributed by atoms with Gasteiger partial charge in [0.1, 0.15) is 0 Å². The first-order valence-corrected chi connectivity index (χ1v) is 7.24. The van der Waals surface area contributed by atoms with Crippen LogP contribution in [0.2, 0.25) is 0 Å². The van der Waals surface area contributed by atoms with Gasteiger partial charge < -0.3 is 14.7 Å². The van der Waals surface area contributed by atoms with Crippen molar-refractivity contribution in [3.05, 3.63) is 0 Å². The Morgan fingerprint density at radius 3 is 2.76 bits per heavy atom. The molecule has 0 aromatic carbocycles. The van der Waals surface area contributed by atoms with Crippen LogP contribution in [0, 0.1) is 5.92 Å². The number of ether oxygens (including phenoxy) is 1. The molecule has 3 nitrogen and oxygen atoms in total. The zero-order valence-electron chi connectivity index (χ0n) is 11.2. The van der Waals surface area contributed by atoms with Gasteiger partial charge in [-0.05, 0) is 38.6 Å². The zero-order valence-corrected chi connectivity index (χ0v) is 11.2. The number of likely N-dealkylation sites (tertiary alicyclic amines) is 1. The van der Waals surface area contributed by atoms with E-state index >= 15 is 0 Å². The van der Waals surface area contributed by atoms with Crippen LogP contribution in [-0.4, -0.2) is 48.5 Å². The molecule has 0 radical (unpaired) electrons. The molecule has 1 heterocycles. The fourth-order valence-corrected chi connectivity index (χ4v) is 3.26. The van der Waals surface area contributed by atoms with Crippen LogP contribution in [0.4, 0.5) is 0 Å². The van der Waals surface area contributed by atoms with E-state index in [-0.39, 0.29) is 0 Å². The molecule has 1 saturated heterocycles. The van der Waals surface area contributed by atoms with Gasteiger partial charge in [0.05, 0.1) is 12.2 Å². The molecule has 1 N–H and O–H groups in total. The largest absolute Gasteiger partial charge is 0.389 e. The van der Waals surface area contributed by atoms with Gasteiger partial charge in [-0.15, -0.1) is 0 Å². The number of aliphatic hydroxyl groups is 1. The summed E-state index contributed by atoms with van der Waals surface area (Å²) in [5, 5.41) is 10.5. The summed E-state index contributed by atoms with van der Waals surface area (Å²) in [6.45, 7) is 6.90. The Balaban J connectivity index is 1.73. The van der Waals surface area contributed by atoms with Gasteiger partial charge in [0, 0.05) is 19.7 Å². The van der Waals surface area contributed by atoms with Gasteiger partial charge in [-0.25, -0.2) is 0 Å². The lowest BCUT2D eigenvalue weighted by molar-refractivity contribution is -0.0228. The molecule has 1 aliphatic heterocycles. The number of rotatable bonds is 5. The van der Waals surface area contributed by atoms with E-state index in [1.165, 1.54) is 25.7 Å². The average Bonchev–Trinajstić information content (AvgIpc) is 2.74. The number of hydrogen-bond acceptors (Lipinski definition) is 3. The van der Waals surface area contributed by atoms with E-state index in [1.807, 2.05) is 0 Å². The van der Waals surface area contributed by atoms with E-state index in [2.05, 4.69) is 11.8 Å². The van der Waals surface area contributed by atoms with E-state index in [1.54, 1.807) is 0 Å². The SMILES string of the molecule is CCOCC1CCN(CC2(O)CCCCC2)C1.